The highest BCUT2D eigenvalue weighted by Gasteiger charge is 2.24. The van der Waals surface area contributed by atoms with Crippen molar-refractivity contribution in [3.63, 3.8) is 0 Å². The lowest BCUT2D eigenvalue weighted by molar-refractivity contribution is 0.0757. The third-order valence-corrected chi connectivity index (χ3v) is 3.76. The molecule has 1 aliphatic heterocycles. The molecule has 0 bridgehead atoms. The van der Waals surface area contributed by atoms with Gasteiger partial charge in [0, 0.05) is 32.7 Å². The zero-order valence-electron chi connectivity index (χ0n) is 13.1. The van der Waals surface area contributed by atoms with E-state index in [1.807, 2.05) is 6.92 Å². The number of rotatable bonds is 3. The lowest BCUT2D eigenvalue weighted by Crippen LogP contribution is -2.42. The SMILES string of the molecule is CCCNC(=O)N1CCCN(C(=O)c2cc(F)ccc2F)CC1. The third-order valence-electron chi connectivity index (χ3n) is 3.76. The van der Waals surface area contributed by atoms with Gasteiger partial charge in [-0.05, 0) is 31.0 Å². The molecule has 0 radical (unpaired) electrons. The summed E-state index contributed by atoms with van der Waals surface area (Å²) in [6.07, 6.45) is 1.45. The zero-order chi connectivity index (χ0) is 16.8. The predicted octanol–water partition coefficient (Wildman–Crippen LogP) is 2.23. The number of halogens is 2. The van der Waals surface area contributed by atoms with Crippen LogP contribution in [-0.4, -0.2) is 54.5 Å². The quantitative estimate of drug-likeness (QED) is 0.926. The molecule has 1 heterocycles. The van der Waals surface area contributed by atoms with Crippen LogP contribution in [-0.2, 0) is 0 Å². The first-order chi connectivity index (χ1) is 11.0. The van der Waals surface area contributed by atoms with Crippen LogP contribution in [0.5, 0.6) is 0 Å². The molecule has 0 spiro atoms. The summed E-state index contributed by atoms with van der Waals surface area (Å²) in [5.41, 5.74) is -0.270. The van der Waals surface area contributed by atoms with Crippen molar-refractivity contribution in [1.82, 2.24) is 15.1 Å². The Morgan fingerprint density at radius 3 is 2.57 bits per heavy atom. The number of hydrogen-bond acceptors (Lipinski definition) is 2. The second-order valence-electron chi connectivity index (χ2n) is 5.49. The summed E-state index contributed by atoms with van der Waals surface area (Å²) in [4.78, 5) is 27.4. The van der Waals surface area contributed by atoms with E-state index in [-0.39, 0.29) is 11.6 Å². The molecular formula is C16H21F2N3O2. The first-order valence-corrected chi connectivity index (χ1v) is 7.80. The summed E-state index contributed by atoms with van der Waals surface area (Å²) >= 11 is 0. The topological polar surface area (TPSA) is 52.7 Å². The Kier molecular flexibility index (Phi) is 5.90. The summed E-state index contributed by atoms with van der Waals surface area (Å²) in [5.74, 6) is -1.93. The molecule has 0 aromatic heterocycles. The van der Waals surface area contributed by atoms with Crippen LogP contribution in [0.4, 0.5) is 13.6 Å². The van der Waals surface area contributed by atoms with E-state index >= 15 is 0 Å². The van der Waals surface area contributed by atoms with Crippen LogP contribution in [0.3, 0.4) is 0 Å². The minimum Gasteiger partial charge on any atom is -0.338 e. The van der Waals surface area contributed by atoms with Crippen molar-refractivity contribution in [2.24, 2.45) is 0 Å². The molecule has 1 aliphatic rings. The van der Waals surface area contributed by atoms with Crippen molar-refractivity contribution >= 4 is 11.9 Å². The maximum absolute atomic E-state index is 13.7. The smallest absolute Gasteiger partial charge is 0.317 e. The molecule has 1 fully saturated rings. The van der Waals surface area contributed by atoms with E-state index in [0.29, 0.717) is 39.1 Å². The summed E-state index contributed by atoms with van der Waals surface area (Å²) in [7, 11) is 0. The highest BCUT2D eigenvalue weighted by molar-refractivity contribution is 5.94. The summed E-state index contributed by atoms with van der Waals surface area (Å²) < 4.78 is 27.0. The Hall–Kier alpha value is -2.18. The molecule has 1 aromatic carbocycles. The number of urea groups is 1. The van der Waals surface area contributed by atoms with Crippen LogP contribution in [0.25, 0.3) is 0 Å². The van der Waals surface area contributed by atoms with Gasteiger partial charge in [0.2, 0.25) is 0 Å². The number of carbonyl (C=O) groups is 2. The number of carbonyl (C=O) groups excluding carboxylic acids is 2. The number of amides is 3. The average molecular weight is 325 g/mol. The van der Waals surface area contributed by atoms with Crippen molar-refractivity contribution in [3.05, 3.63) is 35.4 Å². The fraction of sp³-hybridized carbons (Fsp3) is 0.500. The van der Waals surface area contributed by atoms with Gasteiger partial charge >= 0.3 is 6.03 Å². The molecule has 3 amide bonds. The van der Waals surface area contributed by atoms with E-state index < -0.39 is 17.5 Å². The maximum Gasteiger partial charge on any atom is 0.317 e. The van der Waals surface area contributed by atoms with E-state index in [1.54, 1.807) is 4.90 Å². The van der Waals surface area contributed by atoms with Crippen molar-refractivity contribution in [2.45, 2.75) is 19.8 Å². The monoisotopic (exact) mass is 325 g/mol. The lowest BCUT2D eigenvalue weighted by atomic mass is 10.1. The van der Waals surface area contributed by atoms with Gasteiger partial charge in [0.05, 0.1) is 5.56 Å². The minimum absolute atomic E-state index is 0.155. The fourth-order valence-corrected chi connectivity index (χ4v) is 2.50. The van der Waals surface area contributed by atoms with Gasteiger partial charge in [0.15, 0.2) is 0 Å². The van der Waals surface area contributed by atoms with Gasteiger partial charge in [-0.1, -0.05) is 6.92 Å². The molecule has 5 nitrogen and oxygen atoms in total. The first-order valence-electron chi connectivity index (χ1n) is 7.80. The number of nitrogens with zero attached hydrogens (tertiary/aromatic N) is 2. The molecule has 0 aliphatic carbocycles. The summed E-state index contributed by atoms with van der Waals surface area (Å²) in [6, 6.07) is 2.69. The van der Waals surface area contributed by atoms with Crippen LogP contribution in [0.2, 0.25) is 0 Å². The third kappa shape index (κ3) is 4.40. The molecule has 1 aromatic rings. The molecule has 2 rings (SSSR count). The Labute approximate surface area is 134 Å². The predicted molar refractivity (Wildman–Crippen MR) is 82.1 cm³/mol. The molecule has 7 heteroatoms. The van der Waals surface area contributed by atoms with Crippen molar-refractivity contribution in [3.8, 4) is 0 Å². The molecule has 0 unspecified atom stereocenters. The zero-order valence-corrected chi connectivity index (χ0v) is 13.1. The van der Waals surface area contributed by atoms with E-state index in [0.717, 1.165) is 24.6 Å². The lowest BCUT2D eigenvalue weighted by Gasteiger charge is -2.22. The van der Waals surface area contributed by atoms with Crippen molar-refractivity contribution in [2.75, 3.05) is 32.7 Å². The van der Waals surface area contributed by atoms with Crippen LogP contribution in [0, 0.1) is 11.6 Å². The normalized spacial score (nSPS) is 15.3. The Morgan fingerprint density at radius 2 is 1.83 bits per heavy atom. The Bertz CT molecular complexity index is 580. The van der Waals surface area contributed by atoms with Crippen LogP contribution in [0.15, 0.2) is 18.2 Å². The highest BCUT2D eigenvalue weighted by Crippen LogP contribution is 2.14. The van der Waals surface area contributed by atoms with Gasteiger partial charge in [-0.2, -0.15) is 0 Å². The number of benzene rings is 1. The van der Waals surface area contributed by atoms with E-state index in [1.165, 1.54) is 4.90 Å². The van der Waals surface area contributed by atoms with Crippen LogP contribution < -0.4 is 5.32 Å². The number of nitrogens with one attached hydrogen (secondary N) is 1. The molecule has 0 saturated carbocycles. The largest absolute Gasteiger partial charge is 0.338 e. The second-order valence-corrected chi connectivity index (χ2v) is 5.49. The maximum atomic E-state index is 13.7. The Balaban J connectivity index is 2.01. The van der Waals surface area contributed by atoms with Gasteiger partial charge in [0.1, 0.15) is 11.6 Å². The first kappa shape index (κ1) is 17.2. The number of hydrogen-bond donors (Lipinski definition) is 1. The average Bonchev–Trinajstić information content (AvgIpc) is 2.80. The van der Waals surface area contributed by atoms with Crippen molar-refractivity contribution < 1.29 is 18.4 Å². The van der Waals surface area contributed by atoms with E-state index in [2.05, 4.69) is 5.32 Å². The summed E-state index contributed by atoms with van der Waals surface area (Å²) in [5, 5.41) is 2.80. The minimum atomic E-state index is -0.738. The standard InChI is InChI=1S/C16H21F2N3O2/c1-2-6-19-16(23)21-8-3-7-20(9-10-21)15(22)13-11-12(17)4-5-14(13)18/h4-5,11H,2-3,6-10H2,1H3,(H,19,23). The van der Waals surface area contributed by atoms with Gasteiger partial charge in [0.25, 0.3) is 5.91 Å². The van der Waals surface area contributed by atoms with Gasteiger partial charge in [-0.25, -0.2) is 13.6 Å². The highest BCUT2D eigenvalue weighted by atomic mass is 19.1. The van der Waals surface area contributed by atoms with Gasteiger partial charge < -0.3 is 15.1 Å². The summed E-state index contributed by atoms with van der Waals surface area (Å²) in [6.45, 7) is 4.19. The second kappa shape index (κ2) is 7.89. The molecule has 0 atom stereocenters. The Morgan fingerprint density at radius 1 is 1.13 bits per heavy atom. The molecule has 126 valence electrons. The fourth-order valence-electron chi connectivity index (χ4n) is 2.50. The van der Waals surface area contributed by atoms with Crippen LogP contribution in [0.1, 0.15) is 30.1 Å². The molecule has 1 saturated heterocycles. The molecule has 1 N–H and O–H groups in total. The van der Waals surface area contributed by atoms with E-state index in [4.69, 9.17) is 0 Å². The van der Waals surface area contributed by atoms with Gasteiger partial charge in [-0.15, -0.1) is 0 Å². The van der Waals surface area contributed by atoms with Crippen LogP contribution >= 0.6 is 0 Å². The molecular weight excluding hydrogens is 304 g/mol. The van der Waals surface area contributed by atoms with Gasteiger partial charge in [-0.3, -0.25) is 4.79 Å². The molecule has 23 heavy (non-hydrogen) atoms. The van der Waals surface area contributed by atoms with E-state index in [9.17, 15) is 18.4 Å². The van der Waals surface area contributed by atoms with Crippen molar-refractivity contribution in [1.29, 1.82) is 0 Å².